The first kappa shape index (κ1) is 20.7. The van der Waals surface area contributed by atoms with Crippen molar-refractivity contribution in [3.8, 4) is 5.75 Å². The molecule has 144 valence electrons. The third-order valence-corrected chi connectivity index (χ3v) is 5.73. The molecule has 0 atom stereocenters. The van der Waals surface area contributed by atoms with Gasteiger partial charge in [-0.15, -0.1) is 0 Å². The lowest BCUT2D eigenvalue weighted by atomic mass is 10.2. The molecule has 27 heavy (non-hydrogen) atoms. The first-order chi connectivity index (χ1) is 12.7. The summed E-state index contributed by atoms with van der Waals surface area (Å²) in [6.45, 7) is 0. The third-order valence-electron chi connectivity index (χ3n) is 3.66. The zero-order valence-corrected chi connectivity index (χ0v) is 15.9. The minimum atomic E-state index is -3.51. The molecule has 0 aliphatic rings. The van der Waals surface area contributed by atoms with Crippen molar-refractivity contribution >= 4 is 38.7 Å². The summed E-state index contributed by atoms with van der Waals surface area (Å²) in [7, 11) is -2.19. The number of halogens is 1. The molecule has 10 heteroatoms. The number of amides is 1. The first-order valence-corrected chi connectivity index (χ1v) is 9.86. The number of hydrogen-bond donors (Lipinski definition) is 1. The number of nitrogens with one attached hydrogen (secondary N) is 1. The molecule has 0 saturated heterocycles. The quantitative estimate of drug-likeness (QED) is 0.524. The normalized spacial score (nSPS) is 11.0. The zero-order chi connectivity index (χ0) is 20.0. The molecule has 0 spiro atoms. The molecule has 1 amide bonds. The monoisotopic (exact) mass is 412 g/mol. The standard InChI is InChI=1S/C17H17ClN2O6S/c1-26-16-11-13(20(22)23)6-9-15(16)19-17(21)3-2-10-27(24,25)14-7-4-12(18)5-8-14/h4-9,11H,2-3,10H2,1H3,(H,19,21). The van der Waals surface area contributed by atoms with Gasteiger partial charge in [-0.25, -0.2) is 8.42 Å². The summed E-state index contributed by atoms with van der Waals surface area (Å²) in [5.74, 6) is -0.473. The third kappa shape index (κ3) is 5.66. The highest BCUT2D eigenvalue weighted by atomic mass is 35.5. The van der Waals surface area contributed by atoms with Gasteiger partial charge in [-0.2, -0.15) is 0 Å². The second-order valence-corrected chi connectivity index (χ2v) is 8.11. The van der Waals surface area contributed by atoms with Crippen LogP contribution in [0.2, 0.25) is 5.02 Å². The Balaban J connectivity index is 1.95. The number of hydrogen-bond acceptors (Lipinski definition) is 6. The Kier molecular flexibility index (Phi) is 6.75. The van der Waals surface area contributed by atoms with E-state index >= 15 is 0 Å². The van der Waals surface area contributed by atoms with Crippen LogP contribution in [0.15, 0.2) is 47.4 Å². The van der Waals surface area contributed by atoms with Gasteiger partial charge in [0, 0.05) is 17.5 Å². The molecular formula is C17H17ClN2O6S. The number of nitro groups is 1. The lowest BCUT2D eigenvalue weighted by Crippen LogP contribution is -2.15. The number of carbonyl (C=O) groups excluding carboxylic acids is 1. The molecule has 0 radical (unpaired) electrons. The van der Waals surface area contributed by atoms with E-state index in [9.17, 15) is 23.3 Å². The van der Waals surface area contributed by atoms with E-state index in [4.69, 9.17) is 16.3 Å². The van der Waals surface area contributed by atoms with Gasteiger partial charge in [-0.1, -0.05) is 11.6 Å². The summed E-state index contributed by atoms with van der Waals surface area (Å²) in [6.07, 6.45) is 0.0824. The second-order valence-electron chi connectivity index (χ2n) is 5.57. The number of non-ortho nitro benzene ring substituents is 1. The van der Waals surface area contributed by atoms with E-state index in [0.29, 0.717) is 5.02 Å². The predicted molar refractivity (Wildman–Crippen MR) is 101 cm³/mol. The van der Waals surface area contributed by atoms with E-state index in [2.05, 4.69) is 5.32 Å². The molecule has 0 fully saturated rings. The van der Waals surface area contributed by atoms with Gasteiger partial charge in [0.1, 0.15) is 5.75 Å². The topological polar surface area (TPSA) is 116 Å². The van der Waals surface area contributed by atoms with Crippen LogP contribution in [0.25, 0.3) is 0 Å². The van der Waals surface area contributed by atoms with Gasteiger partial charge in [0.15, 0.2) is 9.84 Å². The lowest BCUT2D eigenvalue weighted by molar-refractivity contribution is -0.384. The van der Waals surface area contributed by atoms with Crippen molar-refractivity contribution in [3.05, 3.63) is 57.6 Å². The number of anilines is 1. The maximum Gasteiger partial charge on any atom is 0.273 e. The Hall–Kier alpha value is -2.65. The number of ether oxygens (including phenoxy) is 1. The zero-order valence-electron chi connectivity index (χ0n) is 14.3. The maximum atomic E-state index is 12.2. The van der Waals surface area contributed by atoms with Gasteiger partial charge in [0.05, 0.1) is 34.4 Å². The fraction of sp³-hybridized carbons (Fsp3) is 0.235. The summed E-state index contributed by atoms with van der Waals surface area (Å²) >= 11 is 5.74. The molecule has 1 N–H and O–H groups in total. The van der Waals surface area contributed by atoms with Gasteiger partial charge in [0.25, 0.3) is 5.69 Å². The molecule has 0 bridgehead atoms. The fourth-order valence-corrected chi connectivity index (χ4v) is 3.73. The van der Waals surface area contributed by atoms with Crippen LogP contribution < -0.4 is 10.1 Å². The van der Waals surface area contributed by atoms with Crippen LogP contribution in [-0.2, 0) is 14.6 Å². The molecule has 0 unspecified atom stereocenters. The summed E-state index contributed by atoms with van der Waals surface area (Å²) in [6, 6.07) is 9.60. The average Bonchev–Trinajstić information content (AvgIpc) is 2.62. The number of sulfone groups is 1. The van der Waals surface area contributed by atoms with E-state index in [1.807, 2.05) is 0 Å². The summed E-state index contributed by atoms with van der Waals surface area (Å²) in [5, 5.41) is 13.8. The highest BCUT2D eigenvalue weighted by molar-refractivity contribution is 7.91. The smallest absolute Gasteiger partial charge is 0.273 e. The van der Waals surface area contributed by atoms with Crippen LogP contribution in [-0.4, -0.2) is 32.1 Å². The highest BCUT2D eigenvalue weighted by Gasteiger charge is 2.16. The van der Waals surface area contributed by atoms with Crippen LogP contribution in [0, 0.1) is 10.1 Å². The van der Waals surface area contributed by atoms with Crippen molar-refractivity contribution in [1.29, 1.82) is 0 Å². The van der Waals surface area contributed by atoms with Crippen LogP contribution in [0.1, 0.15) is 12.8 Å². The van der Waals surface area contributed by atoms with Gasteiger partial charge in [-0.05, 0) is 36.8 Å². The van der Waals surface area contributed by atoms with Crippen molar-refractivity contribution in [2.75, 3.05) is 18.2 Å². The Morgan fingerprint density at radius 2 is 1.89 bits per heavy atom. The van der Waals surface area contributed by atoms with Crippen molar-refractivity contribution in [2.45, 2.75) is 17.7 Å². The Morgan fingerprint density at radius 1 is 1.22 bits per heavy atom. The molecule has 2 aromatic carbocycles. The van der Waals surface area contributed by atoms with Crippen LogP contribution in [0.3, 0.4) is 0 Å². The van der Waals surface area contributed by atoms with Crippen LogP contribution >= 0.6 is 11.6 Å². The molecule has 8 nitrogen and oxygen atoms in total. The molecule has 0 heterocycles. The average molecular weight is 413 g/mol. The fourth-order valence-electron chi connectivity index (χ4n) is 2.29. The molecule has 0 saturated carbocycles. The molecule has 0 aromatic heterocycles. The molecule has 0 aliphatic carbocycles. The maximum absolute atomic E-state index is 12.2. The van der Waals surface area contributed by atoms with E-state index in [0.717, 1.165) is 0 Å². The summed E-state index contributed by atoms with van der Waals surface area (Å²) in [5.41, 5.74) is 0.104. The first-order valence-electron chi connectivity index (χ1n) is 7.83. The number of carbonyl (C=O) groups is 1. The van der Waals surface area contributed by atoms with E-state index in [1.54, 1.807) is 0 Å². The SMILES string of the molecule is COc1cc([N+](=O)[O-])ccc1NC(=O)CCCS(=O)(=O)c1ccc(Cl)cc1. The summed E-state index contributed by atoms with van der Waals surface area (Å²) in [4.78, 5) is 22.4. The van der Waals surface area contributed by atoms with Crippen molar-refractivity contribution in [1.82, 2.24) is 0 Å². The van der Waals surface area contributed by atoms with Gasteiger partial charge < -0.3 is 10.1 Å². The predicted octanol–water partition coefficient (Wildman–Crippen LogP) is 3.45. The van der Waals surface area contributed by atoms with E-state index in [1.165, 1.54) is 49.6 Å². The van der Waals surface area contributed by atoms with E-state index < -0.39 is 20.7 Å². The van der Waals surface area contributed by atoms with E-state index in [-0.39, 0.29) is 40.6 Å². The van der Waals surface area contributed by atoms with Crippen LogP contribution in [0.5, 0.6) is 5.75 Å². The number of rotatable bonds is 8. The largest absolute Gasteiger partial charge is 0.494 e. The van der Waals surface area contributed by atoms with Crippen molar-refractivity contribution < 1.29 is 22.9 Å². The number of benzene rings is 2. The number of nitrogens with zero attached hydrogens (tertiary/aromatic N) is 1. The molecular weight excluding hydrogens is 396 g/mol. The van der Waals surface area contributed by atoms with Crippen LogP contribution in [0.4, 0.5) is 11.4 Å². The van der Waals surface area contributed by atoms with Gasteiger partial charge in [-0.3, -0.25) is 14.9 Å². The number of nitro benzene ring substituents is 1. The summed E-state index contributed by atoms with van der Waals surface area (Å²) < 4.78 is 29.5. The Morgan fingerprint density at radius 3 is 2.48 bits per heavy atom. The minimum absolute atomic E-state index is 0.0348. The molecule has 0 aliphatic heterocycles. The minimum Gasteiger partial charge on any atom is -0.494 e. The number of methoxy groups -OCH3 is 1. The van der Waals surface area contributed by atoms with Gasteiger partial charge >= 0.3 is 0 Å². The Bertz CT molecular complexity index is 944. The van der Waals surface area contributed by atoms with Crippen molar-refractivity contribution in [2.24, 2.45) is 0 Å². The lowest BCUT2D eigenvalue weighted by Gasteiger charge is -2.10. The van der Waals surface area contributed by atoms with Crippen molar-refractivity contribution in [3.63, 3.8) is 0 Å². The Labute approximate surface area is 161 Å². The highest BCUT2D eigenvalue weighted by Crippen LogP contribution is 2.29. The second kappa shape index (κ2) is 8.83. The molecule has 2 aromatic rings. The molecule has 2 rings (SSSR count). The van der Waals surface area contributed by atoms with Gasteiger partial charge in [0.2, 0.25) is 5.91 Å².